The van der Waals surface area contributed by atoms with Crippen LogP contribution in [-0.2, 0) is 11.8 Å². The molecule has 1 aliphatic rings. The number of aromatic nitrogens is 2. The van der Waals surface area contributed by atoms with Crippen molar-refractivity contribution in [1.29, 1.82) is 0 Å². The van der Waals surface area contributed by atoms with Crippen molar-refractivity contribution in [2.24, 2.45) is 12.9 Å². The molecule has 0 spiro atoms. The summed E-state index contributed by atoms with van der Waals surface area (Å²) >= 11 is 0. The van der Waals surface area contributed by atoms with E-state index in [1.807, 2.05) is 17.8 Å². The predicted molar refractivity (Wildman–Crippen MR) is 61.5 cm³/mol. The standard InChI is InChI=1S/C11H20N4O/c1-15-11(6-7-13-15)10(14-12)5-4-9-3-2-8-16-9/h6-7,9-10,14H,2-5,8,12H2,1H3. The van der Waals surface area contributed by atoms with Gasteiger partial charge in [0.15, 0.2) is 0 Å². The molecule has 2 heterocycles. The molecule has 1 saturated heterocycles. The molecule has 1 fully saturated rings. The second-order valence-electron chi connectivity index (χ2n) is 4.31. The largest absolute Gasteiger partial charge is 0.378 e. The maximum Gasteiger partial charge on any atom is 0.0629 e. The number of aryl methyl sites for hydroxylation is 1. The monoisotopic (exact) mass is 224 g/mol. The van der Waals surface area contributed by atoms with E-state index in [2.05, 4.69) is 10.5 Å². The van der Waals surface area contributed by atoms with Crippen molar-refractivity contribution < 1.29 is 4.74 Å². The predicted octanol–water partition coefficient (Wildman–Crippen LogP) is 0.884. The summed E-state index contributed by atoms with van der Waals surface area (Å²) in [6.07, 6.45) is 6.63. The van der Waals surface area contributed by atoms with Crippen molar-refractivity contribution in [3.05, 3.63) is 18.0 Å². The van der Waals surface area contributed by atoms with Gasteiger partial charge in [0.1, 0.15) is 0 Å². The number of nitrogens with two attached hydrogens (primary N) is 1. The first-order valence-electron chi connectivity index (χ1n) is 5.87. The molecular formula is C11H20N4O. The Bertz CT molecular complexity index is 320. The highest BCUT2D eigenvalue weighted by Gasteiger charge is 2.19. The van der Waals surface area contributed by atoms with E-state index in [9.17, 15) is 0 Å². The van der Waals surface area contributed by atoms with Gasteiger partial charge in [-0.15, -0.1) is 0 Å². The number of nitrogens with zero attached hydrogens (tertiary/aromatic N) is 2. The summed E-state index contributed by atoms with van der Waals surface area (Å²) in [5, 5.41) is 4.16. The third-order valence-corrected chi connectivity index (χ3v) is 3.22. The Morgan fingerprint density at radius 1 is 1.75 bits per heavy atom. The summed E-state index contributed by atoms with van der Waals surface area (Å²) in [4.78, 5) is 0. The van der Waals surface area contributed by atoms with Crippen LogP contribution in [0.1, 0.15) is 37.4 Å². The third kappa shape index (κ3) is 2.61. The van der Waals surface area contributed by atoms with E-state index in [1.54, 1.807) is 6.20 Å². The number of hydrogen-bond donors (Lipinski definition) is 2. The van der Waals surface area contributed by atoms with Gasteiger partial charge in [-0.3, -0.25) is 16.0 Å². The highest BCUT2D eigenvalue weighted by Crippen LogP contribution is 2.22. The summed E-state index contributed by atoms with van der Waals surface area (Å²) in [6.45, 7) is 0.914. The van der Waals surface area contributed by atoms with Crippen LogP contribution in [0, 0.1) is 0 Å². The Hall–Kier alpha value is -0.910. The number of nitrogens with one attached hydrogen (secondary N) is 1. The van der Waals surface area contributed by atoms with Crippen LogP contribution < -0.4 is 11.3 Å². The molecule has 1 aromatic heterocycles. The highest BCUT2D eigenvalue weighted by atomic mass is 16.5. The quantitative estimate of drug-likeness (QED) is 0.575. The van der Waals surface area contributed by atoms with Crippen molar-refractivity contribution in [2.75, 3.05) is 6.61 Å². The van der Waals surface area contributed by atoms with Crippen molar-refractivity contribution in [3.8, 4) is 0 Å². The van der Waals surface area contributed by atoms with Gasteiger partial charge in [0.2, 0.25) is 0 Å². The van der Waals surface area contributed by atoms with Gasteiger partial charge in [0.05, 0.1) is 17.8 Å². The lowest BCUT2D eigenvalue weighted by molar-refractivity contribution is 0.0993. The number of rotatable bonds is 5. The van der Waals surface area contributed by atoms with E-state index in [0.29, 0.717) is 6.10 Å². The molecule has 5 nitrogen and oxygen atoms in total. The first-order chi connectivity index (χ1) is 7.81. The van der Waals surface area contributed by atoms with Crippen LogP contribution in [0.5, 0.6) is 0 Å². The molecule has 1 aliphatic heterocycles. The molecule has 5 heteroatoms. The SMILES string of the molecule is Cn1nccc1C(CCC1CCCO1)NN. The normalized spacial score (nSPS) is 22.5. The topological polar surface area (TPSA) is 65.1 Å². The summed E-state index contributed by atoms with van der Waals surface area (Å²) in [7, 11) is 1.94. The second kappa shape index (κ2) is 5.43. The lowest BCUT2D eigenvalue weighted by Gasteiger charge is -2.18. The molecule has 0 aliphatic carbocycles. The minimum atomic E-state index is 0.164. The molecule has 2 atom stereocenters. The Kier molecular flexibility index (Phi) is 3.93. The molecule has 16 heavy (non-hydrogen) atoms. The summed E-state index contributed by atoms with van der Waals surface area (Å²) in [5.74, 6) is 5.59. The molecule has 0 bridgehead atoms. The van der Waals surface area contributed by atoms with E-state index in [0.717, 1.165) is 25.1 Å². The van der Waals surface area contributed by atoms with E-state index >= 15 is 0 Å². The Balaban J connectivity index is 1.88. The van der Waals surface area contributed by atoms with Gasteiger partial charge in [-0.05, 0) is 31.7 Å². The third-order valence-electron chi connectivity index (χ3n) is 3.22. The molecule has 3 N–H and O–H groups in total. The molecule has 0 aromatic carbocycles. The summed E-state index contributed by atoms with van der Waals surface area (Å²) < 4.78 is 7.47. The van der Waals surface area contributed by atoms with Crippen molar-refractivity contribution in [2.45, 2.75) is 37.8 Å². The summed E-state index contributed by atoms with van der Waals surface area (Å²) in [6, 6.07) is 2.16. The summed E-state index contributed by atoms with van der Waals surface area (Å²) in [5.41, 5.74) is 3.98. The number of hydrazine groups is 1. The van der Waals surface area contributed by atoms with Gasteiger partial charge in [0, 0.05) is 19.9 Å². The second-order valence-corrected chi connectivity index (χ2v) is 4.31. The zero-order chi connectivity index (χ0) is 11.4. The molecule has 0 saturated carbocycles. The maximum atomic E-state index is 5.60. The Morgan fingerprint density at radius 3 is 3.19 bits per heavy atom. The van der Waals surface area contributed by atoms with Crippen LogP contribution in [-0.4, -0.2) is 22.5 Å². The highest BCUT2D eigenvalue weighted by molar-refractivity contribution is 5.06. The van der Waals surface area contributed by atoms with Crippen LogP contribution in [0.4, 0.5) is 0 Å². The minimum Gasteiger partial charge on any atom is -0.378 e. The average molecular weight is 224 g/mol. The molecule has 0 radical (unpaired) electrons. The van der Waals surface area contributed by atoms with E-state index in [-0.39, 0.29) is 6.04 Å². The number of ether oxygens (including phenoxy) is 1. The molecule has 2 rings (SSSR count). The van der Waals surface area contributed by atoms with Gasteiger partial charge < -0.3 is 4.74 Å². The molecule has 0 amide bonds. The average Bonchev–Trinajstić information content (AvgIpc) is 2.92. The Labute approximate surface area is 95.9 Å². The lowest BCUT2D eigenvalue weighted by Crippen LogP contribution is -2.30. The Morgan fingerprint density at radius 2 is 2.62 bits per heavy atom. The van der Waals surface area contributed by atoms with Crippen LogP contribution in [0.2, 0.25) is 0 Å². The maximum absolute atomic E-state index is 5.60. The van der Waals surface area contributed by atoms with E-state index in [4.69, 9.17) is 10.6 Å². The van der Waals surface area contributed by atoms with E-state index in [1.165, 1.54) is 12.8 Å². The fourth-order valence-corrected chi connectivity index (χ4v) is 2.27. The van der Waals surface area contributed by atoms with Gasteiger partial charge in [-0.1, -0.05) is 0 Å². The molecule has 2 unspecified atom stereocenters. The first-order valence-corrected chi connectivity index (χ1v) is 5.87. The first kappa shape index (κ1) is 11.6. The van der Waals surface area contributed by atoms with Crippen molar-refractivity contribution in [1.82, 2.24) is 15.2 Å². The van der Waals surface area contributed by atoms with Gasteiger partial charge in [-0.25, -0.2) is 0 Å². The van der Waals surface area contributed by atoms with Crippen molar-refractivity contribution >= 4 is 0 Å². The minimum absolute atomic E-state index is 0.164. The smallest absolute Gasteiger partial charge is 0.0629 e. The molecular weight excluding hydrogens is 204 g/mol. The fourth-order valence-electron chi connectivity index (χ4n) is 2.27. The van der Waals surface area contributed by atoms with Crippen LogP contribution in [0.3, 0.4) is 0 Å². The van der Waals surface area contributed by atoms with Crippen LogP contribution in [0.25, 0.3) is 0 Å². The van der Waals surface area contributed by atoms with Crippen molar-refractivity contribution in [3.63, 3.8) is 0 Å². The van der Waals surface area contributed by atoms with Crippen LogP contribution in [0.15, 0.2) is 12.3 Å². The van der Waals surface area contributed by atoms with E-state index < -0.39 is 0 Å². The fraction of sp³-hybridized carbons (Fsp3) is 0.727. The lowest BCUT2D eigenvalue weighted by atomic mass is 10.0. The van der Waals surface area contributed by atoms with Gasteiger partial charge >= 0.3 is 0 Å². The molecule has 1 aromatic rings. The molecule has 90 valence electrons. The van der Waals surface area contributed by atoms with Gasteiger partial charge in [-0.2, -0.15) is 5.10 Å². The zero-order valence-electron chi connectivity index (χ0n) is 9.72. The van der Waals surface area contributed by atoms with Gasteiger partial charge in [0.25, 0.3) is 0 Å². The zero-order valence-corrected chi connectivity index (χ0v) is 9.72. The number of hydrogen-bond acceptors (Lipinski definition) is 4. The van der Waals surface area contributed by atoms with Crippen LogP contribution >= 0.6 is 0 Å².